The maximum Gasteiger partial charge on any atom is 0.226 e. The van der Waals surface area contributed by atoms with E-state index in [1.165, 1.54) is 0 Å². The topological polar surface area (TPSA) is 71.8 Å². The predicted molar refractivity (Wildman–Crippen MR) is 49.2 cm³/mol. The van der Waals surface area contributed by atoms with Gasteiger partial charge in [0, 0.05) is 20.1 Å². The summed E-state index contributed by atoms with van der Waals surface area (Å²) in [5, 5.41) is 9.91. The van der Waals surface area contributed by atoms with Gasteiger partial charge < -0.3 is 10.6 Å². The molecule has 0 saturated carbocycles. The minimum Gasteiger partial charge on any atom is -0.348 e. The summed E-state index contributed by atoms with van der Waals surface area (Å²) in [7, 11) is 1.80. The molecule has 1 aliphatic rings. The molecule has 14 heavy (non-hydrogen) atoms. The molecule has 1 aliphatic heterocycles. The van der Waals surface area contributed by atoms with E-state index in [1.54, 1.807) is 18.1 Å². The maximum atomic E-state index is 11.4. The smallest absolute Gasteiger partial charge is 0.226 e. The van der Waals surface area contributed by atoms with E-state index in [-0.39, 0.29) is 11.8 Å². The summed E-state index contributed by atoms with van der Waals surface area (Å²) in [4.78, 5) is 15.4. The highest BCUT2D eigenvalue weighted by Crippen LogP contribution is 2.02. The van der Waals surface area contributed by atoms with E-state index in [1.807, 2.05) is 0 Å². The van der Waals surface area contributed by atoms with Gasteiger partial charge in [0.1, 0.15) is 6.33 Å². The van der Waals surface area contributed by atoms with Crippen molar-refractivity contribution in [3.8, 4) is 0 Å². The van der Waals surface area contributed by atoms with Crippen LogP contribution in [0.15, 0.2) is 6.33 Å². The van der Waals surface area contributed by atoms with Crippen molar-refractivity contribution in [3.05, 3.63) is 12.2 Å². The Labute approximate surface area is 81.7 Å². The van der Waals surface area contributed by atoms with Crippen LogP contribution < -0.4 is 10.6 Å². The number of aryl methyl sites for hydroxylation is 1. The lowest BCUT2D eigenvalue weighted by molar-refractivity contribution is -0.126. The molecule has 0 unspecified atom stereocenters. The summed E-state index contributed by atoms with van der Waals surface area (Å²) in [6, 6.07) is 0. The van der Waals surface area contributed by atoms with Gasteiger partial charge in [0.2, 0.25) is 5.91 Å². The molecule has 0 bridgehead atoms. The number of hydrogen-bond acceptors (Lipinski definition) is 4. The molecule has 0 radical (unpaired) electrons. The van der Waals surface area contributed by atoms with E-state index >= 15 is 0 Å². The summed E-state index contributed by atoms with van der Waals surface area (Å²) in [5.74, 6) is 0.850. The van der Waals surface area contributed by atoms with Crippen molar-refractivity contribution in [1.29, 1.82) is 0 Å². The van der Waals surface area contributed by atoms with Crippen LogP contribution >= 0.6 is 0 Å². The molecule has 0 spiro atoms. The molecule has 1 aromatic rings. The third-order valence-corrected chi connectivity index (χ3v) is 2.22. The number of nitrogens with one attached hydrogen (secondary N) is 2. The Balaban J connectivity index is 1.79. The van der Waals surface area contributed by atoms with E-state index in [2.05, 4.69) is 20.7 Å². The first-order valence-corrected chi connectivity index (χ1v) is 4.58. The quantitative estimate of drug-likeness (QED) is 0.625. The molecule has 0 aliphatic carbocycles. The first-order valence-electron chi connectivity index (χ1n) is 4.58. The first-order chi connectivity index (χ1) is 6.75. The van der Waals surface area contributed by atoms with Crippen LogP contribution in [0.5, 0.6) is 0 Å². The SMILES string of the molecule is Cn1cnc(CNC(=O)C2CNC2)n1. The van der Waals surface area contributed by atoms with Gasteiger partial charge in [-0.2, -0.15) is 5.10 Å². The van der Waals surface area contributed by atoms with Gasteiger partial charge in [0.25, 0.3) is 0 Å². The molecule has 76 valence electrons. The first kappa shape index (κ1) is 9.14. The third kappa shape index (κ3) is 1.90. The lowest BCUT2D eigenvalue weighted by atomic mass is 10.0. The zero-order valence-corrected chi connectivity index (χ0v) is 8.03. The normalized spacial score (nSPS) is 16.4. The molecule has 1 fully saturated rings. The van der Waals surface area contributed by atoms with Gasteiger partial charge in [-0.05, 0) is 0 Å². The number of amides is 1. The van der Waals surface area contributed by atoms with E-state index < -0.39 is 0 Å². The monoisotopic (exact) mass is 195 g/mol. The number of nitrogens with zero attached hydrogens (tertiary/aromatic N) is 3. The highest BCUT2D eigenvalue weighted by molar-refractivity contribution is 5.79. The summed E-state index contributed by atoms with van der Waals surface area (Å²) in [6.07, 6.45) is 1.62. The van der Waals surface area contributed by atoms with Crippen LogP contribution in [0, 0.1) is 5.92 Å². The molecule has 2 heterocycles. The number of hydrogen-bond donors (Lipinski definition) is 2. The fourth-order valence-corrected chi connectivity index (χ4v) is 1.25. The Morgan fingerprint density at radius 2 is 2.57 bits per heavy atom. The average Bonchev–Trinajstić information content (AvgIpc) is 2.45. The van der Waals surface area contributed by atoms with Crippen LogP contribution in [0.25, 0.3) is 0 Å². The van der Waals surface area contributed by atoms with E-state index in [0.717, 1.165) is 13.1 Å². The standard InChI is InChI=1S/C8H13N5O/c1-13-5-11-7(12-13)4-10-8(14)6-2-9-3-6/h5-6,9H,2-4H2,1H3,(H,10,14). The molecule has 0 atom stereocenters. The van der Waals surface area contributed by atoms with Crippen LogP contribution in [-0.2, 0) is 18.4 Å². The van der Waals surface area contributed by atoms with Crippen molar-refractivity contribution in [1.82, 2.24) is 25.4 Å². The Morgan fingerprint density at radius 1 is 1.79 bits per heavy atom. The molecule has 2 rings (SSSR count). The number of rotatable bonds is 3. The number of carbonyl (C=O) groups is 1. The predicted octanol–water partition coefficient (Wildman–Crippen LogP) is -1.35. The zero-order chi connectivity index (χ0) is 9.97. The van der Waals surface area contributed by atoms with Crippen LogP contribution in [0.3, 0.4) is 0 Å². The Hall–Kier alpha value is -1.43. The van der Waals surface area contributed by atoms with Crippen molar-refractivity contribution in [2.75, 3.05) is 13.1 Å². The molecule has 1 amide bonds. The van der Waals surface area contributed by atoms with Crippen molar-refractivity contribution >= 4 is 5.91 Å². The molecular formula is C8H13N5O. The van der Waals surface area contributed by atoms with Crippen LogP contribution in [0.4, 0.5) is 0 Å². The summed E-state index contributed by atoms with van der Waals surface area (Å²) in [6.45, 7) is 1.97. The van der Waals surface area contributed by atoms with Crippen LogP contribution in [0.2, 0.25) is 0 Å². The number of aromatic nitrogens is 3. The van der Waals surface area contributed by atoms with Crippen molar-refractivity contribution in [3.63, 3.8) is 0 Å². The van der Waals surface area contributed by atoms with Crippen molar-refractivity contribution < 1.29 is 4.79 Å². The average molecular weight is 195 g/mol. The highest BCUT2D eigenvalue weighted by atomic mass is 16.2. The Kier molecular flexibility index (Phi) is 2.45. The van der Waals surface area contributed by atoms with Gasteiger partial charge in [-0.25, -0.2) is 4.98 Å². The minimum absolute atomic E-state index is 0.0798. The fraction of sp³-hybridized carbons (Fsp3) is 0.625. The second-order valence-electron chi connectivity index (χ2n) is 3.41. The minimum atomic E-state index is 0.0798. The second-order valence-corrected chi connectivity index (χ2v) is 3.41. The largest absolute Gasteiger partial charge is 0.348 e. The summed E-state index contributed by atoms with van der Waals surface area (Å²) in [5.41, 5.74) is 0. The van der Waals surface area contributed by atoms with Crippen LogP contribution in [0.1, 0.15) is 5.82 Å². The van der Waals surface area contributed by atoms with Gasteiger partial charge in [-0.15, -0.1) is 0 Å². The fourth-order valence-electron chi connectivity index (χ4n) is 1.25. The second kappa shape index (κ2) is 3.75. The van der Waals surface area contributed by atoms with Crippen molar-refractivity contribution in [2.24, 2.45) is 13.0 Å². The molecule has 1 aromatic heterocycles. The zero-order valence-electron chi connectivity index (χ0n) is 8.03. The van der Waals surface area contributed by atoms with Gasteiger partial charge in [0.15, 0.2) is 5.82 Å². The third-order valence-electron chi connectivity index (χ3n) is 2.22. The van der Waals surface area contributed by atoms with Crippen molar-refractivity contribution in [2.45, 2.75) is 6.54 Å². The van der Waals surface area contributed by atoms with E-state index in [9.17, 15) is 4.79 Å². The van der Waals surface area contributed by atoms with Crippen LogP contribution in [-0.4, -0.2) is 33.8 Å². The summed E-state index contributed by atoms with van der Waals surface area (Å²) >= 11 is 0. The van der Waals surface area contributed by atoms with Gasteiger partial charge in [-0.1, -0.05) is 0 Å². The molecule has 6 nitrogen and oxygen atoms in total. The van der Waals surface area contributed by atoms with E-state index in [0.29, 0.717) is 12.4 Å². The highest BCUT2D eigenvalue weighted by Gasteiger charge is 2.24. The Bertz CT molecular complexity index is 330. The van der Waals surface area contributed by atoms with E-state index in [4.69, 9.17) is 0 Å². The van der Waals surface area contributed by atoms with Gasteiger partial charge in [-0.3, -0.25) is 9.48 Å². The molecule has 6 heteroatoms. The number of carbonyl (C=O) groups excluding carboxylic acids is 1. The lowest BCUT2D eigenvalue weighted by Gasteiger charge is -2.25. The lowest BCUT2D eigenvalue weighted by Crippen LogP contribution is -2.50. The Morgan fingerprint density at radius 3 is 3.07 bits per heavy atom. The maximum absolute atomic E-state index is 11.4. The molecule has 2 N–H and O–H groups in total. The molecule has 1 saturated heterocycles. The molecular weight excluding hydrogens is 182 g/mol. The summed E-state index contributed by atoms with van der Waals surface area (Å²) < 4.78 is 1.62. The van der Waals surface area contributed by atoms with Gasteiger partial charge >= 0.3 is 0 Å². The van der Waals surface area contributed by atoms with Gasteiger partial charge in [0.05, 0.1) is 12.5 Å². The molecule has 0 aromatic carbocycles.